The second kappa shape index (κ2) is 5.98. The van der Waals surface area contributed by atoms with Gasteiger partial charge in [-0.05, 0) is 12.1 Å². The zero-order valence-electron chi connectivity index (χ0n) is 10.1. The van der Waals surface area contributed by atoms with E-state index in [0.29, 0.717) is 5.82 Å². The van der Waals surface area contributed by atoms with Gasteiger partial charge in [0.25, 0.3) is 0 Å². The molecule has 0 aliphatic carbocycles. The quantitative estimate of drug-likeness (QED) is 0.489. The molecule has 8 heteroatoms. The number of thioether (sulfide) groups is 1. The summed E-state index contributed by atoms with van der Waals surface area (Å²) in [6.07, 6.45) is 0. The van der Waals surface area contributed by atoms with Crippen LogP contribution in [-0.2, 0) is 5.75 Å². The molecular formula is C10H14N6S2. The minimum absolute atomic E-state index is 0.666. The Morgan fingerprint density at radius 2 is 2.22 bits per heavy atom. The molecule has 0 atom stereocenters. The molecule has 0 amide bonds. The average Bonchev–Trinajstić information content (AvgIpc) is 2.85. The number of pyridine rings is 1. The Morgan fingerprint density at radius 3 is 2.89 bits per heavy atom. The van der Waals surface area contributed by atoms with E-state index in [1.807, 2.05) is 37.2 Å². The Morgan fingerprint density at radius 1 is 1.39 bits per heavy atom. The van der Waals surface area contributed by atoms with Gasteiger partial charge in [0, 0.05) is 19.8 Å². The number of nitrogens with zero attached hydrogens (tertiary/aromatic N) is 4. The number of rotatable bonds is 5. The number of aromatic nitrogens is 3. The molecule has 0 bridgehead atoms. The summed E-state index contributed by atoms with van der Waals surface area (Å²) in [4.78, 5) is 6.28. The molecule has 0 aliphatic heterocycles. The number of anilines is 2. The fraction of sp³-hybridized carbons (Fsp3) is 0.300. The molecule has 0 fully saturated rings. The minimum atomic E-state index is 0.666. The molecule has 3 N–H and O–H groups in total. The van der Waals surface area contributed by atoms with Crippen molar-refractivity contribution in [2.24, 2.45) is 5.84 Å². The van der Waals surface area contributed by atoms with Crippen molar-refractivity contribution in [3.63, 3.8) is 0 Å². The van der Waals surface area contributed by atoms with Crippen LogP contribution < -0.4 is 16.2 Å². The molecule has 0 spiro atoms. The summed E-state index contributed by atoms with van der Waals surface area (Å²) in [6, 6.07) is 5.70. The van der Waals surface area contributed by atoms with Crippen molar-refractivity contribution in [3.8, 4) is 0 Å². The zero-order valence-corrected chi connectivity index (χ0v) is 11.8. The maximum atomic E-state index is 5.32. The number of nitrogens with one attached hydrogen (secondary N) is 1. The largest absolute Gasteiger partial charge is 0.353 e. The second-order valence-corrected chi connectivity index (χ2v) is 5.87. The Bertz CT molecular complexity index is 513. The number of hydrazine groups is 1. The first-order chi connectivity index (χ1) is 8.69. The summed E-state index contributed by atoms with van der Waals surface area (Å²) in [5, 5.41) is 9.10. The number of hydrogen-bond acceptors (Lipinski definition) is 8. The van der Waals surface area contributed by atoms with Gasteiger partial charge in [-0.2, -0.15) is 0 Å². The summed E-state index contributed by atoms with van der Waals surface area (Å²) in [6.45, 7) is 0. The van der Waals surface area contributed by atoms with Crippen molar-refractivity contribution in [1.82, 2.24) is 15.2 Å². The molecule has 2 aromatic rings. The Labute approximate surface area is 114 Å². The lowest BCUT2D eigenvalue weighted by Crippen LogP contribution is -2.08. The molecule has 2 rings (SSSR count). The number of nitrogen functional groups attached to an aromatic ring is 1. The van der Waals surface area contributed by atoms with Gasteiger partial charge in [0.05, 0.1) is 5.69 Å². The lowest BCUT2D eigenvalue weighted by molar-refractivity contribution is 0.972. The molecule has 2 aromatic heterocycles. The summed E-state index contributed by atoms with van der Waals surface area (Å²) >= 11 is 3.19. The van der Waals surface area contributed by atoms with Crippen LogP contribution in [0.15, 0.2) is 22.5 Å². The Hall–Kier alpha value is -1.38. The molecule has 0 aromatic carbocycles. The zero-order chi connectivity index (χ0) is 13.0. The fourth-order valence-electron chi connectivity index (χ4n) is 1.22. The van der Waals surface area contributed by atoms with E-state index in [1.165, 1.54) is 0 Å². The molecule has 0 unspecified atom stereocenters. The van der Waals surface area contributed by atoms with Crippen LogP contribution in [0.1, 0.15) is 5.69 Å². The van der Waals surface area contributed by atoms with Gasteiger partial charge in [-0.25, -0.2) is 10.8 Å². The van der Waals surface area contributed by atoms with E-state index in [9.17, 15) is 0 Å². The topological polar surface area (TPSA) is 80.0 Å². The molecule has 6 nitrogen and oxygen atoms in total. The van der Waals surface area contributed by atoms with Gasteiger partial charge in [-0.1, -0.05) is 29.2 Å². The first-order valence-corrected chi connectivity index (χ1v) is 7.05. The van der Waals surface area contributed by atoms with Crippen molar-refractivity contribution in [2.75, 3.05) is 24.4 Å². The molecule has 96 valence electrons. The van der Waals surface area contributed by atoms with E-state index >= 15 is 0 Å². The Kier molecular flexibility index (Phi) is 4.34. The van der Waals surface area contributed by atoms with Crippen LogP contribution in [0.3, 0.4) is 0 Å². The van der Waals surface area contributed by atoms with Crippen molar-refractivity contribution < 1.29 is 0 Å². The van der Waals surface area contributed by atoms with Crippen LogP contribution in [0.5, 0.6) is 0 Å². The van der Waals surface area contributed by atoms with Gasteiger partial charge in [-0.15, -0.1) is 10.2 Å². The standard InChI is InChI=1S/C10H14N6S2/c1-16(2)9-14-15-10(18-9)17-6-7-4-3-5-8(12-7)13-11/h3-5H,6,11H2,1-2H3,(H,12,13). The van der Waals surface area contributed by atoms with Crippen LogP contribution in [0, 0.1) is 0 Å². The molecular weight excluding hydrogens is 268 g/mol. The average molecular weight is 282 g/mol. The lowest BCUT2D eigenvalue weighted by Gasteiger charge is -2.04. The van der Waals surface area contributed by atoms with Crippen molar-refractivity contribution in [1.29, 1.82) is 0 Å². The van der Waals surface area contributed by atoms with E-state index in [2.05, 4.69) is 20.6 Å². The smallest absolute Gasteiger partial charge is 0.208 e. The minimum Gasteiger partial charge on any atom is -0.353 e. The van der Waals surface area contributed by atoms with Gasteiger partial charge in [0.15, 0.2) is 4.34 Å². The highest BCUT2D eigenvalue weighted by atomic mass is 32.2. The van der Waals surface area contributed by atoms with Gasteiger partial charge in [-0.3, -0.25) is 0 Å². The normalized spacial score (nSPS) is 10.4. The molecule has 2 heterocycles. The molecule has 0 saturated heterocycles. The third-order valence-electron chi connectivity index (χ3n) is 2.08. The van der Waals surface area contributed by atoms with E-state index < -0.39 is 0 Å². The molecule has 0 aliphatic rings. The maximum absolute atomic E-state index is 5.32. The lowest BCUT2D eigenvalue weighted by atomic mass is 10.4. The third-order valence-corrected chi connectivity index (χ3v) is 4.33. The SMILES string of the molecule is CN(C)c1nnc(SCc2cccc(NN)n2)s1. The van der Waals surface area contributed by atoms with Crippen molar-refractivity contribution >= 4 is 34.0 Å². The van der Waals surface area contributed by atoms with Crippen LogP contribution in [0.2, 0.25) is 0 Å². The summed E-state index contributed by atoms with van der Waals surface area (Å²) < 4.78 is 0.937. The van der Waals surface area contributed by atoms with Crippen LogP contribution in [0.25, 0.3) is 0 Å². The predicted octanol–water partition coefficient (Wildman–Crippen LogP) is 1.58. The third kappa shape index (κ3) is 3.31. The molecule has 0 saturated carbocycles. The predicted molar refractivity (Wildman–Crippen MR) is 75.8 cm³/mol. The summed E-state index contributed by atoms with van der Waals surface area (Å²) in [5.74, 6) is 6.73. The van der Waals surface area contributed by atoms with E-state index in [-0.39, 0.29) is 0 Å². The van der Waals surface area contributed by atoms with Crippen LogP contribution >= 0.6 is 23.1 Å². The Balaban J connectivity index is 1.97. The van der Waals surface area contributed by atoms with Gasteiger partial charge in [0.1, 0.15) is 5.82 Å². The highest BCUT2D eigenvalue weighted by molar-refractivity contribution is 8.00. The van der Waals surface area contributed by atoms with E-state index in [1.54, 1.807) is 23.1 Å². The first-order valence-electron chi connectivity index (χ1n) is 5.25. The highest BCUT2D eigenvalue weighted by Gasteiger charge is 2.07. The van der Waals surface area contributed by atoms with Crippen LogP contribution in [-0.4, -0.2) is 29.3 Å². The molecule has 0 radical (unpaired) electrons. The second-order valence-electron chi connectivity index (χ2n) is 3.69. The molecule has 18 heavy (non-hydrogen) atoms. The van der Waals surface area contributed by atoms with Crippen molar-refractivity contribution in [2.45, 2.75) is 10.1 Å². The van der Waals surface area contributed by atoms with E-state index in [4.69, 9.17) is 5.84 Å². The van der Waals surface area contributed by atoms with Crippen molar-refractivity contribution in [3.05, 3.63) is 23.9 Å². The van der Waals surface area contributed by atoms with E-state index in [0.717, 1.165) is 20.9 Å². The monoisotopic (exact) mass is 282 g/mol. The maximum Gasteiger partial charge on any atom is 0.208 e. The number of hydrogen-bond donors (Lipinski definition) is 2. The highest BCUT2D eigenvalue weighted by Crippen LogP contribution is 2.28. The first kappa shape index (κ1) is 13.1. The van der Waals surface area contributed by atoms with Gasteiger partial charge in [0.2, 0.25) is 5.13 Å². The number of nitrogens with two attached hydrogens (primary N) is 1. The van der Waals surface area contributed by atoms with Gasteiger partial charge < -0.3 is 10.3 Å². The fourth-order valence-corrected chi connectivity index (χ4v) is 2.89. The van der Waals surface area contributed by atoms with Crippen LogP contribution in [0.4, 0.5) is 10.9 Å². The summed E-state index contributed by atoms with van der Waals surface area (Å²) in [7, 11) is 3.90. The van der Waals surface area contributed by atoms with Gasteiger partial charge >= 0.3 is 0 Å². The summed E-state index contributed by atoms with van der Waals surface area (Å²) in [5.41, 5.74) is 3.49.